The number of nitrogens with zero attached hydrogens (tertiary/aromatic N) is 3. The van der Waals surface area contributed by atoms with E-state index in [0.717, 1.165) is 43.0 Å². The highest BCUT2D eigenvalue weighted by Crippen LogP contribution is 2.25. The van der Waals surface area contributed by atoms with Crippen LogP contribution in [0, 0.1) is 0 Å². The molecule has 0 aliphatic carbocycles. The topological polar surface area (TPSA) is 50.3 Å². The minimum atomic E-state index is 0.613. The third-order valence-electron chi connectivity index (χ3n) is 3.24. The molecule has 19 heavy (non-hydrogen) atoms. The van der Waals surface area contributed by atoms with Crippen molar-refractivity contribution >= 4 is 16.9 Å². The second-order valence-corrected chi connectivity index (χ2v) is 4.52. The molecule has 2 aromatic rings. The molecule has 0 unspecified atom stereocenters. The lowest BCUT2D eigenvalue weighted by Gasteiger charge is -2.27. The number of anilines is 1. The van der Waals surface area contributed by atoms with Gasteiger partial charge in [-0.25, -0.2) is 4.98 Å². The zero-order valence-corrected chi connectivity index (χ0v) is 11.1. The van der Waals surface area contributed by atoms with Gasteiger partial charge in [-0.05, 0) is 19.1 Å². The molecule has 1 saturated heterocycles. The molecule has 0 atom stereocenters. The van der Waals surface area contributed by atoms with E-state index in [1.165, 1.54) is 0 Å². The van der Waals surface area contributed by atoms with Gasteiger partial charge in [0.25, 0.3) is 0 Å². The molecule has 0 amide bonds. The quantitative estimate of drug-likeness (QED) is 0.902. The van der Waals surface area contributed by atoms with Gasteiger partial charge in [-0.15, -0.1) is 0 Å². The lowest BCUT2D eigenvalue weighted by atomic mass is 10.2. The summed E-state index contributed by atoms with van der Waals surface area (Å²) in [5.41, 5.74) is 0.939. The summed E-state index contributed by atoms with van der Waals surface area (Å²) >= 11 is 0. The van der Waals surface area contributed by atoms with Crippen molar-refractivity contribution in [3.8, 4) is 5.88 Å². The Morgan fingerprint density at radius 3 is 2.79 bits per heavy atom. The highest BCUT2D eigenvalue weighted by molar-refractivity contribution is 5.84. The van der Waals surface area contributed by atoms with Crippen molar-refractivity contribution in [3.63, 3.8) is 0 Å². The van der Waals surface area contributed by atoms with E-state index in [1.54, 1.807) is 0 Å². The lowest BCUT2D eigenvalue weighted by molar-refractivity contribution is 0.330. The number of hydrogen-bond donors (Lipinski definition) is 1. The zero-order valence-electron chi connectivity index (χ0n) is 11.1. The summed E-state index contributed by atoms with van der Waals surface area (Å²) in [6.07, 6.45) is 0. The summed E-state index contributed by atoms with van der Waals surface area (Å²) in [7, 11) is 0. The van der Waals surface area contributed by atoms with Crippen LogP contribution in [0.25, 0.3) is 10.9 Å². The zero-order chi connectivity index (χ0) is 13.1. The van der Waals surface area contributed by atoms with Crippen molar-refractivity contribution in [1.29, 1.82) is 0 Å². The van der Waals surface area contributed by atoms with E-state index < -0.39 is 0 Å². The van der Waals surface area contributed by atoms with Crippen molar-refractivity contribution in [1.82, 2.24) is 15.3 Å². The number of ether oxygens (including phenoxy) is 1. The molecule has 1 aliphatic rings. The van der Waals surface area contributed by atoms with Crippen LogP contribution in [0.1, 0.15) is 6.92 Å². The Morgan fingerprint density at radius 2 is 2.00 bits per heavy atom. The van der Waals surface area contributed by atoms with Crippen LogP contribution in [-0.4, -0.2) is 42.8 Å². The average Bonchev–Trinajstić information content (AvgIpc) is 2.48. The molecule has 2 heterocycles. The molecule has 0 bridgehead atoms. The van der Waals surface area contributed by atoms with E-state index in [-0.39, 0.29) is 0 Å². The lowest BCUT2D eigenvalue weighted by Crippen LogP contribution is -2.44. The summed E-state index contributed by atoms with van der Waals surface area (Å²) in [5.74, 6) is 1.45. The molecular formula is C14H18N4O. The van der Waals surface area contributed by atoms with Crippen LogP contribution in [0.5, 0.6) is 5.88 Å². The van der Waals surface area contributed by atoms with E-state index in [1.807, 2.05) is 31.2 Å². The van der Waals surface area contributed by atoms with Gasteiger partial charge in [0.2, 0.25) is 11.8 Å². The van der Waals surface area contributed by atoms with Crippen LogP contribution < -0.4 is 15.0 Å². The molecular weight excluding hydrogens is 240 g/mol. The highest BCUT2D eigenvalue weighted by atomic mass is 16.5. The fraction of sp³-hybridized carbons (Fsp3) is 0.429. The Kier molecular flexibility index (Phi) is 3.46. The first kappa shape index (κ1) is 12.2. The van der Waals surface area contributed by atoms with Crippen LogP contribution in [0.15, 0.2) is 24.3 Å². The molecule has 5 heteroatoms. The molecule has 1 aromatic carbocycles. The normalized spacial score (nSPS) is 15.7. The van der Waals surface area contributed by atoms with Crippen LogP contribution in [0.4, 0.5) is 5.95 Å². The second kappa shape index (κ2) is 5.40. The number of aromatic nitrogens is 2. The van der Waals surface area contributed by atoms with Gasteiger partial charge >= 0.3 is 0 Å². The Bertz CT molecular complexity index is 566. The average molecular weight is 258 g/mol. The van der Waals surface area contributed by atoms with Crippen LogP contribution in [0.3, 0.4) is 0 Å². The van der Waals surface area contributed by atoms with Crippen molar-refractivity contribution < 1.29 is 4.74 Å². The van der Waals surface area contributed by atoms with Gasteiger partial charge in [0.05, 0.1) is 17.5 Å². The first-order chi connectivity index (χ1) is 9.38. The van der Waals surface area contributed by atoms with Gasteiger partial charge in [-0.2, -0.15) is 4.98 Å². The fourth-order valence-electron chi connectivity index (χ4n) is 2.29. The molecule has 5 nitrogen and oxygen atoms in total. The number of nitrogens with one attached hydrogen (secondary N) is 1. The summed E-state index contributed by atoms with van der Waals surface area (Å²) in [5, 5.41) is 4.31. The van der Waals surface area contributed by atoms with Crippen molar-refractivity contribution in [2.45, 2.75) is 6.92 Å². The van der Waals surface area contributed by atoms with Crippen LogP contribution >= 0.6 is 0 Å². The minimum Gasteiger partial charge on any atom is -0.477 e. The number of para-hydroxylation sites is 1. The van der Waals surface area contributed by atoms with Gasteiger partial charge in [-0.3, -0.25) is 0 Å². The summed E-state index contributed by atoms with van der Waals surface area (Å²) in [6.45, 7) is 6.40. The summed E-state index contributed by atoms with van der Waals surface area (Å²) in [6, 6.07) is 7.98. The van der Waals surface area contributed by atoms with Crippen LogP contribution in [-0.2, 0) is 0 Å². The van der Waals surface area contributed by atoms with E-state index >= 15 is 0 Å². The second-order valence-electron chi connectivity index (χ2n) is 4.52. The number of rotatable bonds is 3. The van der Waals surface area contributed by atoms with Gasteiger partial charge in [0, 0.05) is 26.2 Å². The molecule has 1 fully saturated rings. The largest absolute Gasteiger partial charge is 0.477 e. The number of fused-ring (bicyclic) bond motifs is 1. The fourth-order valence-corrected chi connectivity index (χ4v) is 2.29. The minimum absolute atomic E-state index is 0.613. The number of piperazine rings is 1. The van der Waals surface area contributed by atoms with E-state index in [9.17, 15) is 0 Å². The molecule has 100 valence electrons. The van der Waals surface area contributed by atoms with E-state index in [4.69, 9.17) is 4.74 Å². The maximum Gasteiger partial charge on any atom is 0.229 e. The van der Waals surface area contributed by atoms with Crippen molar-refractivity contribution in [3.05, 3.63) is 24.3 Å². The van der Waals surface area contributed by atoms with Gasteiger partial charge < -0.3 is 15.0 Å². The summed E-state index contributed by atoms with van der Waals surface area (Å²) in [4.78, 5) is 11.4. The first-order valence-corrected chi connectivity index (χ1v) is 6.73. The van der Waals surface area contributed by atoms with Crippen LogP contribution in [0.2, 0.25) is 0 Å². The van der Waals surface area contributed by atoms with Crippen molar-refractivity contribution in [2.24, 2.45) is 0 Å². The Hall–Kier alpha value is -1.88. The molecule has 0 saturated carbocycles. The van der Waals surface area contributed by atoms with Gasteiger partial charge in [0.15, 0.2) is 0 Å². The van der Waals surface area contributed by atoms with Gasteiger partial charge in [-0.1, -0.05) is 12.1 Å². The molecule has 1 aromatic heterocycles. The van der Waals surface area contributed by atoms with E-state index in [0.29, 0.717) is 12.5 Å². The molecule has 3 rings (SSSR count). The first-order valence-electron chi connectivity index (χ1n) is 6.73. The Labute approximate surface area is 112 Å². The molecule has 0 radical (unpaired) electrons. The third kappa shape index (κ3) is 2.46. The predicted molar refractivity (Wildman–Crippen MR) is 75.8 cm³/mol. The maximum absolute atomic E-state index is 5.66. The predicted octanol–water partition coefficient (Wildman–Crippen LogP) is 1.44. The third-order valence-corrected chi connectivity index (χ3v) is 3.24. The Morgan fingerprint density at radius 1 is 1.21 bits per heavy atom. The number of hydrogen-bond acceptors (Lipinski definition) is 5. The standard InChI is InChI=1S/C14H18N4O/c1-2-19-13-11-5-3-4-6-12(11)16-14(17-13)18-9-7-15-8-10-18/h3-6,15H,2,7-10H2,1H3. The SMILES string of the molecule is CCOc1nc(N2CCNCC2)nc2ccccc12. The number of benzene rings is 1. The summed E-state index contributed by atoms with van der Waals surface area (Å²) < 4.78 is 5.66. The smallest absolute Gasteiger partial charge is 0.229 e. The molecule has 1 aliphatic heterocycles. The molecule has 1 N–H and O–H groups in total. The monoisotopic (exact) mass is 258 g/mol. The highest BCUT2D eigenvalue weighted by Gasteiger charge is 2.16. The maximum atomic E-state index is 5.66. The Balaban J connectivity index is 2.04. The van der Waals surface area contributed by atoms with E-state index in [2.05, 4.69) is 20.2 Å². The molecule has 0 spiro atoms. The van der Waals surface area contributed by atoms with Crippen molar-refractivity contribution in [2.75, 3.05) is 37.7 Å². The van der Waals surface area contributed by atoms with Gasteiger partial charge in [0.1, 0.15) is 0 Å².